The SMILES string of the molecule is O=C(/C=C/c1cc(Br)ccc1F)N1CCN(Cc2ccccc2)CC1. The number of hydrogen-bond acceptors (Lipinski definition) is 2. The van der Waals surface area contributed by atoms with E-state index in [0.717, 1.165) is 24.1 Å². The molecule has 3 nitrogen and oxygen atoms in total. The van der Waals surface area contributed by atoms with Gasteiger partial charge >= 0.3 is 0 Å². The number of amides is 1. The molecule has 1 fully saturated rings. The number of nitrogens with zero attached hydrogens (tertiary/aromatic N) is 2. The second-order valence-electron chi connectivity index (χ2n) is 6.09. The molecule has 1 saturated heterocycles. The van der Waals surface area contributed by atoms with Crippen LogP contribution >= 0.6 is 15.9 Å². The van der Waals surface area contributed by atoms with Crippen molar-refractivity contribution in [3.05, 3.63) is 76.0 Å². The van der Waals surface area contributed by atoms with Gasteiger partial charge in [-0.05, 0) is 29.8 Å². The molecule has 0 aliphatic carbocycles. The lowest BCUT2D eigenvalue weighted by atomic mass is 10.2. The minimum atomic E-state index is -0.333. The maximum atomic E-state index is 13.7. The van der Waals surface area contributed by atoms with E-state index in [1.807, 2.05) is 23.1 Å². The molecule has 2 aromatic carbocycles. The third kappa shape index (κ3) is 5.00. The maximum absolute atomic E-state index is 13.7. The molecular formula is C20H20BrFN2O. The molecule has 2 aromatic rings. The molecule has 1 heterocycles. The van der Waals surface area contributed by atoms with Crippen molar-refractivity contribution in [3.8, 4) is 0 Å². The summed E-state index contributed by atoms with van der Waals surface area (Å²) in [6.45, 7) is 3.98. The Hall–Kier alpha value is -1.98. The van der Waals surface area contributed by atoms with E-state index in [1.54, 1.807) is 18.2 Å². The van der Waals surface area contributed by atoms with E-state index < -0.39 is 0 Å². The van der Waals surface area contributed by atoms with E-state index in [2.05, 4.69) is 33.0 Å². The van der Waals surface area contributed by atoms with Crippen LogP contribution in [0.2, 0.25) is 0 Å². The number of carbonyl (C=O) groups is 1. The van der Waals surface area contributed by atoms with Crippen LogP contribution < -0.4 is 0 Å². The lowest BCUT2D eigenvalue weighted by molar-refractivity contribution is -0.127. The van der Waals surface area contributed by atoms with Crippen LogP contribution in [0, 0.1) is 5.82 Å². The highest BCUT2D eigenvalue weighted by atomic mass is 79.9. The lowest BCUT2D eigenvalue weighted by Crippen LogP contribution is -2.47. The van der Waals surface area contributed by atoms with Crippen LogP contribution in [0.3, 0.4) is 0 Å². The van der Waals surface area contributed by atoms with Gasteiger partial charge in [0.2, 0.25) is 5.91 Å². The molecule has 1 amide bonds. The number of piperazine rings is 1. The number of rotatable bonds is 4. The quantitative estimate of drug-likeness (QED) is 0.722. The third-order valence-corrected chi connectivity index (χ3v) is 4.79. The van der Waals surface area contributed by atoms with Crippen LogP contribution in [0.5, 0.6) is 0 Å². The summed E-state index contributed by atoms with van der Waals surface area (Å²) in [7, 11) is 0. The van der Waals surface area contributed by atoms with Crippen molar-refractivity contribution < 1.29 is 9.18 Å². The molecule has 25 heavy (non-hydrogen) atoms. The predicted molar refractivity (Wildman–Crippen MR) is 101 cm³/mol. The molecule has 0 atom stereocenters. The minimum Gasteiger partial charge on any atom is -0.337 e. The number of hydrogen-bond donors (Lipinski definition) is 0. The van der Waals surface area contributed by atoms with Crippen molar-refractivity contribution in [2.75, 3.05) is 26.2 Å². The van der Waals surface area contributed by atoms with Crippen molar-refractivity contribution in [1.29, 1.82) is 0 Å². The van der Waals surface area contributed by atoms with Gasteiger partial charge in [0.25, 0.3) is 0 Å². The molecule has 0 saturated carbocycles. The fourth-order valence-corrected chi connectivity index (χ4v) is 3.26. The maximum Gasteiger partial charge on any atom is 0.246 e. The topological polar surface area (TPSA) is 23.6 Å². The largest absolute Gasteiger partial charge is 0.337 e. The van der Waals surface area contributed by atoms with Crippen LogP contribution in [0.4, 0.5) is 4.39 Å². The summed E-state index contributed by atoms with van der Waals surface area (Å²) in [4.78, 5) is 16.5. The molecule has 3 rings (SSSR count). The monoisotopic (exact) mass is 402 g/mol. The Labute approximate surface area is 155 Å². The molecule has 1 aliphatic rings. The second-order valence-corrected chi connectivity index (χ2v) is 7.00. The van der Waals surface area contributed by atoms with E-state index in [1.165, 1.54) is 17.7 Å². The first-order valence-electron chi connectivity index (χ1n) is 8.30. The highest BCUT2D eigenvalue weighted by Gasteiger charge is 2.19. The van der Waals surface area contributed by atoms with E-state index in [9.17, 15) is 9.18 Å². The highest BCUT2D eigenvalue weighted by molar-refractivity contribution is 9.10. The summed E-state index contributed by atoms with van der Waals surface area (Å²) in [5.74, 6) is -0.404. The van der Waals surface area contributed by atoms with E-state index in [4.69, 9.17) is 0 Å². The summed E-state index contributed by atoms with van der Waals surface area (Å²) in [5.41, 5.74) is 1.69. The Morgan fingerprint density at radius 2 is 1.80 bits per heavy atom. The van der Waals surface area contributed by atoms with Gasteiger partial charge in [-0.1, -0.05) is 46.3 Å². The fourth-order valence-electron chi connectivity index (χ4n) is 2.88. The van der Waals surface area contributed by atoms with E-state index in [0.29, 0.717) is 18.7 Å². The number of carbonyl (C=O) groups excluding carboxylic acids is 1. The van der Waals surface area contributed by atoms with Gasteiger partial charge in [-0.3, -0.25) is 9.69 Å². The molecule has 0 spiro atoms. The Balaban J connectivity index is 1.53. The van der Waals surface area contributed by atoms with E-state index >= 15 is 0 Å². The van der Waals surface area contributed by atoms with Gasteiger partial charge in [-0.25, -0.2) is 4.39 Å². The van der Waals surface area contributed by atoms with Crippen LogP contribution in [0.15, 0.2) is 59.1 Å². The molecule has 0 radical (unpaired) electrons. The van der Waals surface area contributed by atoms with Crippen molar-refractivity contribution >= 4 is 27.9 Å². The Bertz CT molecular complexity index is 756. The number of benzene rings is 2. The number of halogens is 2. The third-order valence-electron chi connectivity index (χ3n) is 4.30. The average molecular weight is 403 g/mol. The first kappa shape index (κ1) is 17.8. The first-order valence-corrected chi connectivity index (χ1v) is 9.09. The molecular weight excluding hydrogens is 383 g/mol. The van der Waals surface area contributed by atoms with Gasteiger partial charge < -0.3 is 4.90 Å². The van der Waals surface area contributed by atoms with Gasteiger partial charge in [0.05, 0.1) is 0 Å². The molecule has 0 unspecified atom stereocenters. The molecule has 5 heteroatoms. The van der Waals surface area contributed by atoms with Gasteiger partial charge in [0.15, 0.2) is 0 Å². The van der Waals surface area contributed by atoms with Crippen LogP contribution in [-0.2, 0) is 11.3 Å². The zero-order chi connectivity index (χ0) is 17.6. The predicted octanol–water partition coefficient (Wildman–Crippen LogP) is 3.95. The highest BCUT2D eigenvalue weighted by Crippen LogP contribution is 2.17. The molecule has 0 N–H and O–H groups in total. The second kappa shape index (κ2) is 8.41. The van der Waals surface area contributed by atoms with Gasteiger partial charge in [-0.15, -0.1) is 0 Å². The summed E-state index contributed by atoms with van der Waals surface area (Å²) in [6.07, 6.45) is 3.00. The van der Waals surface area contributed by atoms with Crippen molar-refractivity contribution in [2.45, 2.75) is 6.54 Å². The average Bonchev–Trinajstić information content (AvgIpc) is 2.64. The first-order chi connectivity index (χ1) is 12.1. The smallest absolute Gasteiger partial charge is 0.246 e. The molecule has 1 aliphatic heterocycles. The zero-order valence-corrected chi connectivity index (χ0v) is 15.5. The summed E-state index contributed by atoms with van der Waals surface area (Å²) < 4.78 is 14.5. The van der Waals surface area contributed by atoms with E-state index in [-0.39, 0.29) is 11.7 Å². The van der Waals surface area contributed by atoms with Gasteiger partial charge in [0.1, 0.15) is 5.82 Å². The minimum absolute atomic E-state index is 0.0706. The standard InChI is InChI=1S/C20H20BrFN2O/c21-18-7-8-19(22)17(14-18)6-9-20(25)24-12-10-23(11-13-24)15-16-4-2-1-3-5-16/h1-9,14H,10-13,15H2/b9-6+. The lowest BCUT2D eigenvalue weighted by Gasteiger charge is -2.34. The Morgan fingerprint density at radius 1 is 1.08 bits per heavy atom. The molecule has 0 bridgehead atoms. The molecule has 130 valence electrons. The summed E-state index contributed by atoms with van der Waals surface area (Å²) >= 11 is 3.31. The van der Waals surface area contributed by atoms with Gasteiger partial charge in [0, 0.05) is 48.8 Å². The van der Waals surface area contributed by atoms with Crippen molar-refractivity contribution in [3.63, 3.8) is 0 Å². The Kier molecular flexibility index (Phi) is 6.00. The Morgan fingerprint density at radius 3 is 2.52 bits per heavy atom. The van der Waals surface area contributed by atoms with Crippen LogP contribution in [-0.4, -0.2) is 41.9 Å². The zero-order valence-electron chi connectivity index (χ0n) is 13.9. The van der Waals surface area contributed by atoms with Crippen molar-refractivity contribution in [2.24, 2.45) is 0 Å². The van der Waals surface area contributed by atoms with Crippen molar-refractivity contribution in [1.82, 2.24) is 9.80 Å². The van der Waals surface area contributed by atoms with Crippen LogP contribution in [0.1, 0.15) is 11.1 Å². The summed E-state index contributed by atoms with van der Waals surface area (Å²) in [6, 6.07) is 15.0. The molecule has 0 aromatic heterocycles. The normalized spacial score (nSPS) is 15.7. The fraction of sp³-hybridized carbons (Fsp3) is 0.250. The summed E-state index contributed by atoms with van der Waals surface area (Å²) in [5, 5.41) is 0. The van der Waals surface area contributed by atoms with Crippen LogP contribution in [0.25, 0.3) is 6.08 Å². The van der Waals surface area contributed by atoms with Gasteiger partial charge in [-0.2, -0.15) is 0 Å².